The molecule has 1 rings (SSSR count). The molecule has 134 valence electrons. The molecule has 0 aliphatic rings. The van der Waals surface area contributed by atoms with Crippen LogP contribution in [-0.4, -0.2) is 35.6 Å². The second-order valence-corrected chi connectivity index (χ2v) is 6.63. The lowest BCUT2D eigenvalue weighted by atomic mass is 9.87. The van der Waals surface area contributed by atoms with E-state index in [1.165, 1.54) is 25.7 Å². The van der Waals surface area contributed by atoms with Gasteiger partial charge in [-0.2, -0.15) is 0 Å². The van der Waals surface area contributed by atoms with Gasteiger partial charge in [-0.15, -0.1) is 24.0 Å². The summed E-state index contributed by atoms with van der Waals surface area (Å²) in [6, 6.07) is 0. The Morgan fingerprint density at radius 2 is 2.00 bits per heavy atom. The number of unbranched alkanes of at least 4 members (excludes halogenated alkanes) is 2. The highest BCUT2D eigenvalue weighted by Crippen LogP contribution is 2.22. The Kier molecular flexibility index (Phi) is 12.2. The van der Waals surface area contributed by atoms with Crippen molar-refractivity contribution in [2.75, 3.05) is 20.1 Å². The van der Waals surface area contributed by atoms with Crippen molar-refractivity contribution in [1.82, 2.24) is 20.2 Å². The molecule has 6 heteroatoms. The first-order valence-corrected chi connectivity index (χ1v) is 8.47. The summed E-state index contributed by atoms with van der Waals surface area (Å²) in [7, 11) is 1.83. The molecule has 0 saturated heterocycles. The Morgan fingerprint density at radius 3 is 2.61 bits per heavy atom. The summed E-state index contributed by atoms with van der Waals surface area (Å²) in [5.74, 6) is 0.897. The molecule has 5 nitrogen and oxygen atoms in total. The normalized spacial score (nSPS) is 11.9. The van der Waals surface area contributed by atoms with Crippen molar-refractivity contribution in [3.8, 4) is 0 Å². The maximum Gasteiger partial charge on any atom is 0.190 e. The minimum atomic E-state index is 0. The minimum Gasteiger partial charge on any atom is -0.356 e. The Balaban J connectivity index is 0.00000484. The SMILES string of the molecule is CCCCCC(C)(C)CNC(=NC)NCCCn1ccnc1.I. The molecule has 0 saturated carbocycles. The van der Waals surface area contributed by atoms with Gasteiger partial charge in [-0.3, -0.25) is 4.99 Å². The van der Waals surface area contributed by atoms with Crippen molar-refractivity contribution in [3.63, 3.8) is 0 Å². The average Bonchev–Trinajstić information content (AvgIpc) is 3.00. The molecule has 0 aliphatic carbocycles. The second-order valence-electron chi connectivity index (χ2n) is 6.63. The predicted octanol–water partition coefficient (Wildman–Crippen LogP) is 3.66. The van der Waals surface area contributed by atoms with E-state index in [4.69, 9.17) is 0 Å². The van der Waals surface area contributed by atoms with Crippen LogP contribution in [0.1, 0.15) is 52.9 Å². The topological polar surface area (TPSA) is 54.2 Å². The molecular formula is C17H34IN5. The van der Waals surface area contributed by atoms with Gasteiger partial charge in [0.25, 0.3) is 0 Å². The Hall–Kier alpha value is -0.790. The van der Waals surface area contributed by atoms with Crippen LogP contribution < -0.4 is 10.6 Å². The van der Waals surface area contributed by atoms with E-state index in [1.54, 1.807) is 0 Å². The first kappa shape index (κ1) is 22.2. The van der Waals surface area contributed by atoms with Crippen molar-refractivity contribution in [2.24, 2.45) is 10.4 Å². The molecule has 0 aliphatic heterocycles. The van der Waals surface area contributed by atoms with E-state index in [2.05, 4.69) is 45.9 Å². The monoisotopic (exact) mass is 435 g/mol. The molecule has 23 heavy (non-hydrogen) atoms. The van der Waals surface area contributed by atoms with Crippen LogP contribution in [0.2, 0.25) is 0 Å². The molecule has 0 fully saturated rings. The van der Waals surface area contributed by atoms with E-state index in [9.17, 15) is 0 Å². The third kappa shape index (κ3) is 10.6. The van der Waals surface area contributed by atoms with Gasteiger partial charge in [-0.05, 0) is 18.3 Å². The molecule has 1 heterocycles. The van der Waals surface area contributed by atoms with Crippen molar-refractivity contribution < 1.29 is 0 Å². The lowest BCUT2D eigenvalue weighted by molar-refractivity contribution is 0.318. The summed E-state index contributed by atoms with van der Waals surface area (Å²) in [5.41, 5.74) is 0.309. The van der Waals surface area contributed by atoms with E-state index < -0.39 is 0 Å². The highest BCUT2D eigenvalue weighted by molar-refractivity contribution is 14.0. The summed E-state index contributed by atoms with van der Waals surface area (Å²) in [4.78, 5) is 8.34. The zero-order valence-corrected chi connectivity index (χ0v) is 17.5. The number of hydrogen-bond acceptors (Lipinski definition) is 2. The lowest BCUT2D eigenvalue weighted by Gasteiger charge is -2.26. The van der Waals surface area contributed by atoms with Gasteiger partial charge in [-0.1, -0.05) is 40.0 Å². The van der Waals surface area contributed by atoms with Crippen LogP contribution in [0.3, 0.4) is 0 Å². The molecule has 1 aromatic heterocycles. The highest BCUT2D eigenvalue weighted by atomic mass is 127. The molecule has 0 bridgehead atoms. The zero-order chi connectivity index (χ0) is 16.3. The zero-order valence-electron chi connectivity index (χ0n) is 15.1. The van der Waals surface area contributed by atoms with Gasteiger partial charge in [0.2, 0.25) is 0 Å². The number of guanidine groups is 1. The molecule has 1 aromatic rings. The standard InChI is InChI=1S/C17H33N5.HI/c1-5-6-7-9-17(2,3)14-21-16(18-4)20-10-8-12-22-13-11-19-15-22;/h11,13,15H,5-10,12,14H2,1-4H3,(H2,18,20,21);1H. The van der Waals surface area contributed by atoms with Crippen LogP contribution in [-0.2, 0) is 6.54 Å². The fourth-order valence-corrected chi connectivity index (χ4v) is 2.37. The number of imidazole rings is 1. The van der Waals surface area contributed by atoms with Gasteiger partial charge in [0.05, 0.1) is 6.33 Å². The van der Waals surface area contributed by atoms with Crippen LogP contribution in [0.4, 0.5) is 0 Å². The third-order valence-electron chi connectivity index (χ3n) is 3.86. The first-order valence-electron chi connectivity index (χ1n) is 8.47. The second kappa shape index (κ2) is 12.6. The molecule has 2 N–H and O–H groups in total. The molecule has 0 amide bonds. The fraction of sp³-hybridized carbons (Fsp3) is 0.765. The number of aliphatic imine (C=N–C) groups is 1. The summed E-state index contributed by atoms with van der Waals surface area (Å²) in [6.07, 6.45) is 11.9. The fourth-order valence-electron chi connectivity index (χ4n) is 2.37. The van der Waals surface area contributed by atoms with Crippen molar-refractivity contribution >= 4 is 29.9 Å². The molecular weight excluding hydrogens is 401 g/mol. The summed E-state index contributed by atoms with van der Waals surface area (Å²) in [6.45, 7) is 9.74. The van der Waals surface area contributed by atoms with Crippen LogP contribution in [0.15, 0.2) is 23.7 Å². The highest BCUT2D eigenvalue weighted by Gasteiger charge is 2.17. The maximum atomic E-state index is 4.30. The quantitative estimate of drug-likeness (QED) is 0.255. The van der Waals surface area contributed by atoms with Gasteiger partial charge in [0, 0.05) is 39.1 Å². The van der Waals surface area contributed by atoms with Crippen LogP contribution in [0, 0.1) is 5.41 Å². The molecule has 0 unspecified atom stereocenters. The van der Waals surface area contributed by atoms with Crippen molar-refractivity contribution in [2.45, 2.75) is 59.4 Å². The summed E-state index contributed by atoms with van der Waals surface area (Å²) in [5, 5.41) is 6.83. The molecule has 0 aromatic carbocycles. The average molecular weight is 435 g/mol. The van der Waals surface area contributed by atoms with Crippen molar-refractivity contribution in [3.05, 3.63) is 18.7 Å². The molecule has 0 radical (unpaired) electrons. The number of rotatable bonds is 10. The Labute approximate surface area is 158 Å². The van der Waals surface area contributed by atoms with E-state index in [-0.39, 0.29) is 24.0 Å². The Morgan fingerprint density at radius 1 is 1.22 bits per heavy atom. The smallest absolute Gasteiger partial charge is 0.190 e. The van der Waals surface area contributed by atoms with Crippen LogP contribution in [0.5, 0.6) is 0 Å². The number of aryl methyl sites for hydroxylation is 1. The van der Waals surface area contributed by atoms with Crippen molar-refractivity contribution in [1.29, 1.82) is 0 Å². The van der Waals surface area contributed by atoms with Crippen LogP contribution in [0.25, 0.3) is 0 Å². The lowest BCUT2D eigenvalue weighted by Crippen LogP contribution is -2.42. The van der Waals surface area contributed by atoms with Crippen LogP contribution >= 0.6 is 24.0 Å². The van der Waals surface area contributed by atoms with E-state index in [0.717, 1.165) is 32.0 Å². The maximum absolute atomic E-state index is 4.30. The summed E-state index contributed by atoms with van der Waals surface area (Å²) < 4.78 is 2.09. The molecule has 0 spiro atoms. The number of halogens is 1. The number of aromatic nitrogens is 2. The van der Waals surface area contributed by atoms with E-state index >= 15 is 0 Å². The largest absolute Gasteiger partial charge is 0.356 e. The van der Waals surface area contributed by atoms with Gasteiger partial charge >= 0.3 is 0 Å². The Bertz CT molecular complexity index is 415. The van der Waals surface area contributed by atoms with E-state index in [0.29, 0.717) is 5.41 Å². The summed E-state index contributed by atoms with van der Waals surface area (Å²) >= 11 is 0. The number of nitrogens with zero attached hydrogens (tertiary/aromatic N) is 3. The third-order valence-corrected chi connectivity index (χ3v) is 3.86. The van der Waals surface area contributed by atoms with Gasteiger partial charge in [-0.25, -0.2) is 4.98 Å². The first-order chi connectivity index (χ1) is 10.6. The number of nitrogens with one attached hydrogen (secondary N) is 2. The van der Waals surface area contributed by atoms with E-state index in [1.807, 2.05) is 25.8 Å². The van der Waals surface area contributed by atoms with Gasteiger partial charge in [0.15, 0.2) is 5.96 Å². The van der Waals surface area contributed by atoms with Gasteiger partial charge in [0.1, 0.15) is 0 Å². The predicted molar refractivity (Wildman–Crippen MR) is 110 cm³/mol. The molecule has 0 atom stereocenters. The van der Waals surface area contributed by atoms with Gasteiger partial charge < -0.3 is 15.2 Å². The minimum absolute atomic E-state index is 0. The number of hydrogen-bond donors (Lipinski definition) is 2.